The Morgan fingerprint density at radius 1 is 1.47 bits per heavy atom. The molecule has 0 amide bonds. The van der Waals surface area contributed by atoms with Crippen molar-refractivity contribution in [2.45, 2.75) is 19.0 Å². The first-order valence-electron chi connectivity index (χ1n) is 4.68. The van der Waals surface area contributed by atoms with E-state index in [0.717, 1.165) is 0 Å². The predicted octanol–water partition coefficient (Wildman–Crippen LogP) is 2.54. The molecule has 0 saturated heterocycles. The van der Waals surface area contributed by atoms with Crippen molar-refractivity contribution in [2.24, 2.45) is 0 Å². The average molecular weight is 280 g/mol. The van der Waals surface area contributed by atoms with Gasteiger partial charge in [0.25, 0.3) is 6.43 Å². The Morgan fingerprint density at radius 3 is 2.42 bits per heavy atom. The van der Waals surface area contributed by atoms with E-state index in [-0.39, 0.29) is 0 Å². The SMILES string of the molecule is N#Cc1cc(C(F)F)c(CC(=O)O)c(C(F)(F)F)n1. The van der Waals surface area contributed by atoms with Crippen LogP contribution in [0.1, 0.15) is 28.9 Å². The van der Waals surface area contributed by atoms with Gasteiger partial charge in [-0.25, -0.2) is 13.8 Å². The third kappa shape index (κ3) is 3.37. The van der Waals surface area contributed by atoms with Crippen LogP contribution >= 0.6 is 0 Å². The van der Waals surface area contributed by atoms with Crippen LogP contribution in [0.4, 0.5) is 22.0 Å². The molecule has 19 heavy (non-hydrogen) atoms. The van der Waals surface area contributed by atoms with Gasteiger partial charge in [-0.1, -0.05) is 0 Å². The summed E-state index contributed by atoms with van der Waals surface area (Å²) < 4.78 is 63.3. The van der Waals surface area contributed by atoms with E-state index in [4.69, 9.17) is 10.4 Å². The van der Waals surface area contributed by atoms with Crippen LogP contribution in [0, 0.1) is 11.3 Å². The number of carboxylic acid groups (broad SMARTS) is 1. The van der Waals surface area contributed by atoms with Gasteiger partial charge in [0, 0.05) is 11.1 Å². The summed E-state index contributed by atoms with van der Waals surface area (Å²) in [5.41, 5.74) is -4.91. The molecule has 0 bridgehead atoms. The molecule has 0 fully saturated rings. The maximum Gasteiger partial charge on any atom is 0.433 e. The molecular weight excluding hydrogens is 275 g/mol. The number of carboxylic acids is 1. The molecule has 4 nitrogen and oxygen atoms in total. The lowest BCUT2D eigenvalue weighted by atomic mass is 10.0. The number of alkyl halides is 5. The summed E-state index contributed by atoms with van der Waals surface area (Å²) in [6.45, 7) is 0. The second-order valence-electron chi connectivity index (χ2n) is 3.40. The maximum atomic E-state index is 12.7. The minimum atomic E-state index is -5.12. The fourth-order valence-electron chi connectivity index (χ4n) is 1.41. The highest BCUT2D eigenvalue weighted by Crippen LogP contribution is 2.35. The van der Waals surface area contributed by atoms with Crippen LogP contribution in [-0.4, -0.2) is 16.1 Å². The van der Waals surface area contributed by atoms with Crippen molar-refractivity contribution in [3.8, 4) is 6.07 Å². The molecular formula is C10H5F5N2O2. The summed E-state index contributed by atoms with van der Waals surface area (Å²) in [5.74, 6) is -1.71. The van der Waals surface area contributed by atoms with Gasteiger partial charge in [0.1, 0.15) is 17.5 Å². The molecule has 0 aromatic carbocycles. The highest BCUT2D eigenvalue weighted by molar-refractivity contribution is 5.71. The lowest BCUT2D eigenvalue weighted by Gasteiger charge is -2.14. The van der Waals surface area contributed by atoms with Crippen molar-refractivity contribution in [1.29, 1.82) is 5.26 Å². The van der Waals surface area contributed by atoms with Crippen LogP contribution in [0.3, 0.4) is 0 Å². The van der Waals surface area contributed by atoms with Gasteiger partial charge in [0.05, 0.1) is 6.42 Å². The van der Waals surface area contributed by atoms with Crippen molar-refractivity contribution in [3.05, 3.63) is 28.6 Å². The van der Waals surface area contributed by atoms with Gasteiger partial charge in [0.2, 0.25) is 0 Å². The Labute approximate surface area is 103 Å². The van der Waals surface area contributed by atoms with Crippen LogP contribution < -0.4 is 0 Å². The normalized spacial score (nSPS) is 11.4. The number of nitriles is 1. The van der Waals surface area contributed by atoms with E-state index in [9.17, 15) is 26.7 Å². The van der Waals surface area contributed by atoms with Crippen molar-refractivity contribution in [3.63, 3.8) is 0 Å². The molecule has 9 heteroatoms. The number of pyridine rings is 1. The maximum absolute atomic E-state index is 12.7. The zero-order valence-electron chi connectivity index (χ0n) is 9.00. The monoisotopic (exact) mass is 280 g/mol. The minimum Gasteiger partial charge on any atom is -0.481 e. The molecule has 0 aliphatic carbocycles. The number of hydrogen-bond donors (Lipinski definition) is 1. The van der Waals surface area contributed by atoms with Crippen LogP contribution in [0.15, 0.2) is 6.07 Å². The Balaban J connectivity index is 3.62. The van der Waals surface area contributed by atoms with Gasteiger partial charge in [-0.3, -0.25) is 4.79 Å². The third-order valence-electron chi connectivity index (χ3n) is 2.10. The van der Waals surface area contributed by atoms with Crippen molar-refractivity contribution < 1.29 is 31.9 Å². The van der Waals surface area contributed by atoms with E-state index in [1.54, 1.807) is 0 Å². The van der Waals surface area contributed by atoms with E-state index in [0.29, 0.717) is 6.07 Å². The van der Waals surface area contributed by atoms with Crippen molar-refractivity contribution in [2.75, 3.05) is 0 Å². The molecule has 1 heterocycles. The minimum absolute atomic E-state index is 0.457. The topological polar surface area (TPSA) is 74.0 Å². The summed E-state index contributed by atoms with van der Waals surface area (Å²) in [7, 11) is 0. The van der Waals surface area contributed by atoms with E-state index >= 15 is 0 Å². The second-order valence-corrected chi connectivity index (χ2v) is 3.40. The lowest BCUT2D eigenvalue weighted by molar-refractivity contribution is -0.142. The number of rotatable bonds is 3. The van der Waals surface area contributed by atoms with Gasteiger partial charge in [0.15, 0.2) is 0 Å². The second kappa shape index (κ2) is 5.17. The largest absolute Gasteiger partial charge is 0.481 e. The molecule has 0 unspecified atom stereocenters. The molecule has 1 N–H and O–H groups in total. The molecule has 0 radical (unpaired) electrons. The zero-order valence-corrected chi connectivity index (χ0v) is 9.00. The van der Waals surface area contributed by atoms with E-state index in [1.165, 1.54) is 6.07 Å². The Morgan fingerprint density at radius 2 is 2.05 bits per heavy atom. The number of halogens is 5. The smallest absolute Gasteiger partial charge is 0.433 e. The van der Waals surface area contributed by atoms with Crippen LogP contribution in [-0.2, 0) is 17.4 Å². The van der Waals surface area contributed by atoms with E-state index in [1.807, 2.05) is 0 Å². The summed E-state index contributed by atoms with van der Waals surface area (Å²) in [5, 5.41) is 17.0. The first-order chi connectivity index (χ1) is 8.66. The Hall–Kier alpha value is -2.24. The van der Waals surface area contributed by atoms with E-state index in [2.05, 4.69) is 4.98 Å². The molecule has 0 spiro atoms. The summed E-state index contributed by atoms with van der Waals surface area (Å²) in [6.07, 6.45) is -9.72. The molecule has 0 aliphatic heterocycles. The molecule has 0 saturated carbocycles. The number of carbonyl (C=O) groups is 1. The van der Waals surface area contributed by atoms with Crippen LogP contribution in [0.25, 0.3) is 0 Å². The Kier molecular flexibility index (Phi) is 4.04. The fourth-order valence-corrected chi connectivity index (χ4v) is 1.41. The third-order valence-corrected chi connectivity index (χ3v) is 2.10. The van der Waals surface area contributed by atoms with E-state index < -0.39 is 47.5 Å². The van der Waals surface area contributed by atoms with Gasteiger partial charge in [-0.15, -0.1) is 0 Å². The summed E-state index contributed by atoms with van der Waals surface area (Å²) in [6, 6.07) is 1.68. The van der Waals surface area contributed by atoms with Crippen molar-refractivity contribution in [1.82, 2.24) is 4.98 Å². The molecule has 1 rings (SSSR count). The summed E-state index contributed by atoms with van der Waals surface area (Å²) >= 11 is 0. The predicted molar refractivity (Wildman–Crippen MR) is 50.3 cm³/mol. The lowest BCUT2D eigenvalue weighted by Crippen LogP contribution is -2.18. The highest BCUT2D eigenvalue weighted by atomic mass is 19.4. The first-order valence-corrected chi connectivity index (χ1v) is 4.68. The van der Waals surface area contributed by atoms with Crippen molar-refractivity contribution >= 4 is 5.97 Å². The standard InChI is InChI=1S/C10H5F5N2O2/c11-9(12)6-1-4(3-16)17-8(10(13,14)15)5(6)2-7(18)19/h1,9H,2H2,(H,18,19). The molecule has 1 aromatic heterocycles. The highest BCUT2D eigenvalue weighted by Gasteiger charge is 2.38. The zero-order chi connectivity index (χ0) is 14.8. The van der Waals surface area contributed by atoms with Gasteiger partial charge in [-0.2, -0.15) is 18.4 Å². The van der Waals surface area contributed by atoms with Gasteiger partial charge < -0.3 is 5.11 Å². The Bertz CT molecular complexity index is 548. The van der Waals surface area contributed by atoms with Gasteiger partial charge in [-0.05, 0) is 6.07 Å². The molecule has 0 aliphatic rings. The quantitative estimate of drug-likeness (QED) is 0.863. The number of nitrogens with zero attached hydrogens (tertiary/aromatic N) is 2. The fraction of sp³-hybridized carbons (Fsp3) is 0.300. The van der Waals surface area contributed by atoms with Crippen LogP contribution in [0.5, 0.6) is 0 Å². The average Bonchev–Trinajstić information content (AvgIpc) is 2.26. The molecule has 0 atom stereocenters. The first kappa shape index (κ1) is 14.8. The number of aromatic nitrogens is 1. The van der Waals surface area contributed by atoms with Crippen LogP contribution in [0.2, 0.25) is 0 Å². The number of aliphatic carboxylic acids is 1. The molecule has 102 valence electrons. The van der Waals surface area contributed by atoms with Gasteiger partial charge >= 0.3 is 12.1 Å². The number of hydrogen-bond acceptors (Lipinski definition) is 3. The molecule has 1 aromatic rings. The summed E-state index contributed by atoms with van der Waals surface area (Å²) in [4.78, 5) is 13.3.